The van der Waals surface area contributed by atoms with Crippen LogP contribution in [0, 0.1) is 13.8 Å². The van der Waals surface area contributed by atoms with Crippen LogP contribution in [0.4, 0.5) is 0 Å². The zero-order chi connectivity index (χ0) is 12.8. The molecule has 1 rings (SSSR count). The first kappa shape index (κ1) is 14.0. The van der Waals surface area contributed by atoms with Crippen LogP contribution in [0.15, 0.2) is 12.1 Å². The summed E-state index contributed by atoms with van der Waals surface area (Å²) in [6.07, 6.45) is 3.12. The first-order valence-corrected chi connectivity index (χ1v) is 6.21. The van der Waals surface area contributed by atoms with E-state index in [2.05, 4.69) is 26.0 Å². The molecular formula is C14H24N2O. The monoisotopic (exact) mass is 236 g/mol. The van der Waals surface area contributed by atoms with Gasteiger partial charge in [-0.25, -0.2) is 0 Å². The Balaban J connectivity index is 2.77. The minimum absolute atomic E-state index is 0.102. The fourth-order valence-corrected chi connectivity index (χ4v) is 2.20. The van der Waals surface area contributed by atoms with Gasteiger partial charge in [0, 0.05) is 6.04 Å². The maximum absolute atomic E-state index is 6.18. The average molecular weight is 236 g/mol. The number of unbranched alkanes of at least 4 members (excludes halogenated alkanes) is 1. The third-order valence-corrected chi connectivity index (χ3v) is 3.08. The van der Waals surface area contributed by atoms with E-state index < -0.39 is 0 Å². The van der Waals surface area contributed by atoms with Crippen LogP contribution in [0.5, 0.6) is 5.75 Å². The van der Waals surface area contributed by atoms with Crippen molar-refractivity contribution in [3.8, 4) is 5.75 Å². The molecule has 0 aliphatic heterocycles. The van der Waals surface area contributed by atoms with Crippen molar-refractivity contribution < 1.29 is 4.74 Å². The largest absolute Gasteiger partial charge is 0.496 e. The van der Waals surface area contributed by atoms with E-state index in [1.165, 1.54) is 5.56 Å². The van der Waals surface area contributed by atoms with E-state index >= 15 is 0 Å². The van der Waals surface area contributed by atoms with Crippen LogP contribution in [0.2, 0.25) is 0 Å². The van der Waals surface area contributed by atoms with Gasteiger partial charge in [0.05, 0.1) is 7.11 Å². The summed E-state index contributed by atoms with van der Waals surface area (Å²) in [6.45, 7) is 4.86. The normalized spacial score (nSPS) is 12.5. The molecule has 4 N–H and O–H groups in total. The standard InChI is InChI=1S/C14H24N2O/c1-10-8-12(9-11(2)14(10)17-3)13(16)6-4-5-7-15/h8-9,13H,4-7,15-16H2,1-3H3/t13-/m0/s1. The number of hydrogen-bond donors (Lipinski definition) is 2. The summed E-state index contributed by atoms with van der Waals surface area (Å²) in [5.74, 6) is 0.961. The zero-order valence-electron chi connectivity index (χ0n) is 11.1. The number of nitrogens with two attached hydrogens (primary N) is 2. The summed E-state index contributed by atoms with van der Waals surface area (Å²) >= 11 is 0. The van der Waals surface area contributed by atoms with Gasteiger partial charge in [-0.1, -0.05) is 18.6 Å². The third kappa shape index (κ3) is 3.72. The number of methoxy groups -OCH3 is 1. The second-order valence-corrected chi connectivity index (χ2v) is 4.58. The number of rotatable bonds is 6. The topological polar surface area (TPSA) is 61.3 Å². The lowest BCUT2D eigenvalue weighted by Crippen LogP contribution is -2.12. The predicted molar refractivity (Wildman–Crippen MR) is 72.3 cm³/mol. The second kappa shape index (κ2) is 6.62. The van der Waals surface area contributed by atoms with Gasteiger partial charge < -0.3 is 16.2 Å². The molecule has 0 saturated carbocycles. The van der Waals surface area contributed by atoms with Gasteiger partial charge in [-0.2, -0.15) is 0 Å². The Morgan fingerprint density at radius 2 is 1.76 bits per heavy atom. The molecule has 0 radical (unpaired) electrons. The predicted octanol–water partition coefficient (Wildman–Crippen LogP) is 2.44. The molecule has 0 aliphatic rings. The van der Waals surface area contributed by atoms with Gasteiger partial charge in [-0.05, 0) is 49.9 Å². The summed E-state index contributed by atoms with van der Waals surface area (Å²) in [4.78, 5) is 0. The van der Waals surface area contributed by atoms with Gasteiger partial charge in [0.1, 0.15) is 5.75 Å². The van der Waals surface area contributed by atoms with Gasteiger partial charge in [0.15, 0.2) is 0 Å². The van der Waals surface area contributed by atoms with E-state index in [0.717, 1.165) is 42.7 Å². The number of aryl methyl sites for hydroxylation is 2. The van der Waals surface area contributed by atoms with Crippen molar-refractivity contribution in [3.63, 3.8) is 0 Å². The minimum Gasteiger partial charge on any atom is -0.496 e. The van der Waals surface area contributed by atoms with Crippen LogP contribution in [-0.2, 0) is 0 Å². The first-order valence-electron chi connectivity index (χ1n) is 6.21. The number of hydrogen-bond acceptors (Lipinski definition) is 3. The van der Waals surface area contributed by atoms with Crippen LogP contribution in [-0.4, -0.2) is 13.7 Å². The van der Waals surface area contributed by atoms with Gasteiger partial charge in [-0.15, -0.1) is 0 Å². The Morgan fingerprint density at radius 1 is 1.18 bits per heavy atom. The molecule has 0 aromatic heterocycles. The van der Waals surface area contributed by atoms with Crippen LogP contribution >= 0.6 is 0 Å². The highest BCUT2D eigenvalue weighted by molar-refractivity contribution is 5.44. The molecule has 0 amide bonds. The Kier molecular flexibility index (Phi) is 5.45. The minimum atomic E-state index is 0.102. The van der Waals surface area contributed by atoms with E-state index in [-0.39, 0.29) is 6.04 Å². The molecule has 0 aliphatic carbocycles. The van der Waals surface area contributed by atoms with Gasteiger partial charge in [-0.3, -0.25) is 0 Å². The highest BCUT2D eigenvalue weighted by atomic mass is 16.5. The molecule has 0 fully saturated rings. The van der Waals surface area contributed by atoms with Crippen molar-refractivity contribution in [1.29, 1.82) is 0 Å². The van der Waals surface area contributed by atoms with Crippen molar-refractivity contribution in [3.05, 3.63) is 28.8 Å². The molecule has 3 heteroatoms. The van der Waals surface area contributed by atoms with Gasteiger partial charge in [0.2, 0.25) is 0 Å². The van der Waals surface area contributed by atoms with E-state index in [0.29, 0.717) is 0 Å². The lowest BCUT2D eigenvalue weighted by Gasteiger charge is -2.16. The van der Waals surface area contributed by atoms with Crippen LogP contribution < -0.4 is 16.2 Å². The van der Waals surface area contributed by atoms with E-state index in [4.69, 9.17) is 16.2 Å². The molecule has 1 aromatic carbocycles. The van der Waals surface area contributed by atoms with Crippen molar-refractivity contribution in [2.24, 2.45) is 11.5 Å². The van der Waals surface area contributed by atoms with Gasteiger partial charge in [0.25, 0.3) is 0 Å². The lowest BCUT2D eigenvalue weighted by atomic mass is 9.97. The molecule has 0 spiro atoms. The van der Waals surface area contributed by atoms with E-state index in [1.54, 1.807) is 7.11 Å². The van der Waals surface area contributed by atoms with Crippen LogP contribution in [0.3, 0.4) is 0 Å². The first-order chi connectivity index (χ1) is 8.10. The number of benzene rings is 1. The Hall–Kier alpha value is -1.06. The third-order valence-electron chi connectivity index (χ3n) is 3.08. The van der Waals surface area contributed by atoms with Crippen molar-refractivity contribution in [2.45, 2.75) is 39.2 Å². The number of ether oxygens (including phenoxy) is 1. The fourth-order valence-electron chi connectivity index (χ4n) is 2.20. The van der Waals surface area contributed by atoms with E-state index in [1.807, 2.05) is 0 Å². The molecule has 3 nitrogen and oxygen atoms in total. The molecule has 0 heterocycles. The lowest BCUT2D eigenvalue weighted by molar-refractivity contribution is 0.408. The Morgan fingerprint density at radius 3 is 2.24 bits per heavy atom. The zero-order valence-corrected chi connectivity index (χ0v) is 11.1. The maximum Gasteiger partial charge on any atom is 0.124 e. The van der Waals surface area contributed by atoms with Gasteiger partial charge >= 0.3 is 0 Å². The second-order valence-electron chi connectivity index (χ2n) is 4.58. The molecule has 1 aromatic rings. The summed E-state index contributed by atoms with van der Waals surface area (Å²) < 4.78 is 5.35. The summed E-state index contributed by atoms with van der Waals surface area (Å²) in [6, 6.07) is 4.35. The SMILES string of the molecule is COc1c(C)cc([C@@H](N)CCCCN)cc1C. The molecule has 17 heavy (non-hydrogen) atoms. The molecule has 0 saturated heterocycles. The summed E-state index contributed by atoms with van der Waals surface area (Å²) in [7, 11) is 1.70. The summed E-state index contributed by atoms with van der Waals surface area (Å²) in [5.41, 5.74) is 15.2. The molecule has 1 atom stereocenters. The quantitative estimate of drug-likeness (QED) is 0.746. The van der Waals surface area contributed by atoms with Crippen LogP contribution in [0.25, 0.3) is 0 Å². The molecular weight excluding hydrogens is 212 g/mol. The smallest absolute Gasteiger partial charge is 0.124 e. The highest BCUT2D eigenvalue weighted by Crippen LogP contribution is 2.27. The molecule has 0 bridgehead atoms. The fraction of sp³-hybridized carbons (Fsp3) is 0.571. The molecule has 0 unspecified atom stereocenters. The highest BCUT2D eigenvalue weighted by Gasteiger charge is 2.10. The van der Waals surface area contributed by atoms with Crippen LogP contribution in [0.1, 0.15) is 42.0 Å². The Bertz CT molecular complexity index is 340. The van der Waals surface area contributed by atoms with Crippen molar-refractivity contribution >= 4 is 0 Å². The molecule has 96 valence electrons. The van der Waals surface area contributed by atoms with Crippen molar-refractivity contribution in [2.75, 3.05) is 13.7 Å². The average Bonchev–Trinajstić information content (AvgIpc) is 2.28. The van der Waals surface area contributed by atoms with E-state index in [9.17, 15) is 0 Å². The maximum atomic E-state index is 6.18. The Labute approximate surface area is 104 Å². The van der Waals surface area contributed by atoms with Crippen molar-refractivity contribution in [1.82, 2.24) is 0 Å². The summed E-state index contributed by atoms with van der Waals surface area (Å²) in [5, 5.41) is 0.